The lowest BCUT2D eigenvalue weighted by molar-refractivity contribution is 0.00718. The minimum absolute atomic E-state index is 0.407. The van der Waals surface area contributed by atoms with Crippen LogP contribution >= 0.6 is 11.3 Å². The second-order valence-electron chi connectivity index (χ2n) is 6.25. The second kappa shape index (κ2) is 9.50. The highest BCUT2D eigenvalue weighted by atomic mass is 32.1. The van der Waals surface area contributed by atoms with Gasteiger partial charge in [0.2, 0.25) is 0 Å². The molecule has 0 amide bonds. The summed E-state index contributed by atoms with van der Waals surface area (Å²) in [4.78, 5) is 3.55. The van der Waals surface area contributed by atoms with Crippen LogP contribution in [-0.2, 0) is 11.3 Å². The zero-order valence-corrected chi connectivity index (χ0v) is 14.0. The third-order valence-electron chi connectivity index (χ3n) is 2.85. The average molecular weight is 299 g/mol. The summed E-state index contributed by atoms with van der Waals surface area (Å²) in [6.45, 7) is 12.6. The number of ether oxygens (including phenoxy) is 1. The Morgan fingerprint density at radius 2 is 1.80 bits per heavy atom. The number of nitrogens with zero attached hydrogens (tertiary/aromatic N) is 1. The van der Waals surface area contributed by atoms with E-state index in [1.54, 1.807) is 11.3 Å². The van der Waals surface area contributed by atoms with Gasteiger partial charge in [0.1, 0.15) is 0 Å². The van der Waals surface area contributed by atoms with E-state index in [0.29, 0.717) is 31.6 Å². The van der Waals surface area contributed by atoms with E-state index in [4.69, 9.17) is 4.74 Å². The summed E-state index contributed by atoms with van der Waals surface area (Å²) in [6, 6.07) is 4.08. The van der Waals surface area contributed by atoms with Crippen LogP contribution in [0.3, 0.4) is 0 Å². The van der Waals surface area contributed by atoms with Gasteiger partial charge in [-0.3, -0.25) is 0 Å². The summed E-state index contributed by atoms with van der Waals surface area (Å²) in [5.74, 6) is 1.24. The molecule has 4 heteroatoms. The molecule has 0 saturated heterocycles. The summed E-state index contributed by atoms with van der Waals surface area (Å²) in [5, 5.41) is 12.2. The Kier molecular flexibility index (Phi) is 8.38. The monoisotopic (exact) mass is 299 g/mol. The quantitative estimate of drug-likeness (QED) is 0.720. The van der Waals surface area contributed by atoms with E-state index in [0.717, 1.165) is 13.1 Å². The van der Waals surface area contributed by atoms with E-state index in [1.807, 2.05) is 11.4 Å². The molecule has 20 heavy (non-hydrogen) atoms. The van der Waals surface area contributed by atoms with E-state index in [1.165, 1.54) is 4.88 Å². The predicted octanol–water partition coefficient (Wildman–Crippen LogP) is 3.24. The maximum atomic E-state index is 10.1. The highest BCUT2D eigenvalue weighted by molar-refractivity contribution is 7.09. The van der Waals surface area contributed by atoms with Crippen LogP contribution in [0.25, 0.3) is 0 Å². The molecule has 0 aliphatic heterocycles. The molecule has 1 N–H and O–H groups in total. The van der Waals surface area contributed by atoms with Crippen molar-refractivity contribution in [2.75, 3.05) is 26.2 Å². The molecule has 0 fully saturated rings. The van der Waals surface area contributed by atoms with E-state index in [2.05, 4.69) is 38.7 Å². The first-order valence-corrected chi connectivity index (χ1v) is 8.36. The molecule has 1 aromatic rings. The number of thiophene rings is 1. The normalized spacial score (nSPS) is 13.6. The van der Waals surface area contributed by atoms with E-state index >= 15 is 0 Å². The van der Waals surface area contributed by atoms with Gasteiger partial charge in [-0.2, -0.15) is 0 Å². The number of rotatable bonds is 10. The average Bonchev–Trinajstić information content (AvgIpc) is 2.79. The molecule has 116 valence electrons. The Bertz CT molecular complexity index is 328. The lowest BCUT2D eigenvalue weighted by atomic mass is 10.1. The number of hydrogen-bond donors (Lipinski definition) is 1. The molecule has 1 aromatic heterocycles. The smallest absolute Gasteiger partial charge is 0.0900 e. The minimum Gasteiger partial charge on any atom is -0.389 e. The van der Waals surface area contributed by atoms with E-state index < -0.39 is 6.10 Å². The molecule has 1 atom stereocenters. The molecule has 0 radical (unpaired) electrons. The molecule has 0 saturated carbocycles. The third kappa shape index (κ3) is 8.00. The van der Waals surface area contributed by atoms with Gasteiger partial charge in [0.15, 0.2) is 0 Å². The van der Waals surface area contributed by atoms with Crippen LogP contribution in [0.5, 0.6) is 0 Å². The van der Waals surface area contributed by atoms with Crippen LogP contribution in [0.1, 0.15) is 32.6 Å². The fourth-order valence-electron chi connectivity index (χ4n) is 2.30. The molecule has 0 aliphatic carbocycles. The van der Waals surface area contributed by atoms with Crippen LogP contribution in [0, 0.1) is 11.8 Å². The summed E-state index contributed by atoms with van der Waals surface area (Å²) in [6.07, 6.45) is -0.410. The SMILES string of the molecule is CC(C)CN(CC(C)C)C[C@@H](O)COCc1cccs1. The Labute approximate surface area is 127 Å². The maximum Gasteiger partial charge on any atom is 0.0900 e. The van der Waals surface area contributed by atoms with Gasteiger partial charge >= 0.3 is 0 Å². The Morgan fingerprint density at radius 1 is 1.15 bits per heavy atom. The third-order valence-corrected chi connectivity index (χ3v) is 3.70. The van der Waals surface area contributed by atoms with Gasteiger partial charge in [-0.15, -0.1) is 11.3 Å². The number of aliphatic hydroxyl groups is 1. The first-order valence-electron chi connectivity index (χ1n) is 7.48. The molecular formula is C16H29NO2S. The molecule has 3 nitrogen and oxygen atoms in total. The standard InChI is InChI=1S/C16H29NO2S/c1-13(2)8-17(9-14(3)4)10-15(18)11-19-12-16-6-5-7-20-16/h5-7,13-15,18H,8-12H2,1-4H3/t15-/m1/s1. The summed E-state index contributed by atoms with van der Waals surface area (Å²) in [5.41, 5.74) is 0. The lowest BCUT2D eigenvalue weighted by Gasteiger charge is -2.28. The Hall–Kier alpha value is -0.420. The van der Waals surface area contributed by atoms with Gasteiger partial charge in [-0.1, -0.05) is 33.8 Å². The topological polar surface area (TPSA) is 32.7 Å². The summed E-state index contributed by atoms with van der Waals surface area (Å²) >= 11 is 1.69. The van der Waals surface area contributed by atoms with Crippen molar-refractivity contribution in [2.24, 2.45) is 11.8 Å². The lowest BCUT2D eigenvalue weighted by Crippen LogP contribution is -2.39. The van der Waals surface area contributed by atoms with Crippen LogP contribution in [0.2, 0.25) is 0 Å². The minimum atomic E-state index is -0.410. The predicted molar refractivity (Wildman–Crippen MR) is 86.1 cm³/mol. The highest BCUT2D eigenvalue weighted by Crippen LogP contribution is 2.10. The molecule has 1 heterocycles. The Balaban J connectivity index is 2.27. The van der Waals surface area contributed by atoms with Gasteiger partial charge in [-0.25, -0.2) is 0 Å². The first kappa shape index (κ1) is 17.6. The van der Waals surface area contributed by atoms with Crippen molar-refractivity contribution >= 4 is 11.3 Å². The number of hydrogen-bond acceptors (Lipinski definition) is 4. The first-order chi connectivity index (χ1) is 9.47. The largest absolute Gasteiger partial charge is 0.389 e. The van der Waals surface area contributed by atoms with Gasteiger partial charge in [0.05, 0.1) is 19.3 Å². The van der Waals surface area contributed by atoms with Crippen molar-refractivity contribution in [2.45, 2.75) is 40.4 Å². The maximum absolute atomic E-state index is 10.1. The zero-order valence-electron chi connectivity index (χ0n) is 13.2. The van der Waals surface area contributed by atoms with Crippen molar-refractivity contribution in [3.8, 4) is 0 Å². The van der Waals surface area contributed by atoms with Crippen LogP contribution in [0.15, 0.2) is 17.5 Å². The van der Waals surface area contributed by atoms with Crippen LogP contribution < -0.4 is 0 Å². The highest BCUT2D eigenvalue weighted by Gasteiger charge is 2.14. The van der Waals surface area contributed by atoms with Gasteiger partial charge in [-0.05, 0) is 23.3 Å². The second-order valence-corrected chi connectivity index (χ2v) is 7.29. The molecule has 0 spiro atoms. The molecule has 0 aromatic carbocycles. The Morgan fingerprint density at radius 3 is 2.30 bits per heavy atom. The molecule has 1 rings (SSSR count). The van der Waals surface area contributed by atoms with Crippen LogP contribution in [0.4, 0.5) is 0 Å². The van der Waals surface area contributed by atoms with Crippen molar-refractivity contribution in [3.63, 3.8) is 0 Å². The summed E-state index contributed by atoms with van der Waals surface area (Å²) in [7, 11) is 0. The van der Waals surface area contributed by atoms with Crippen molar-refractivity contribution in [1.82, 2.24) is 4.90 Å². The fraction of sp³-hybridized carbons (Fsp3) is 0.750. The zero-order chi connectivity index (χ0) is 15.0. The van der Waals surface area contributed by atoms with Crippen LogP contribution in [-0.4, -0.2) is 42.4 Å². The van der Waals surface area contributed by atoms with Crippen molar-refractivity contribution < 1.29 is 9.84 Å². The molecule has 0 aliphatic rings. The molecule has 0 unspecified atom stereocenters. The van der Waals surface area contributed by atoms with Crippen molar-refractivity contribution in [3.05, 3.63) is 22.4 Å². The fourth-order valence-corrected chi connectivity index (χ4v) is 2.94. The van der Waals surface area contributed by atoms with E-state index in [9.17, 15) is 5.11 Å². The van der Waals surface area contributed by atoms with Crippen molar-refractivity contribution in [1.29, 1.82) is 0 Å². The van der Waals surface area contributed by atoms with E-state index in [-0.39, 0.29) is 0 Å². The molecule has 0 bridgehead atoms. The van der Waals surface area contributed by atoms with Gasteiger partial charge < -0.3 is 14.7 Å². The van der Waals surface area contributed by atoms with Gasteiger partial charge in [0.25, 0.3) is 0 Å². The summed E-state index contributed by atoms with van der Waals surface area (Å²) < 4.78 is 5.58. The number of aliphatic hydroxyl groups excluding tert-OH is 1. The van der Waals surface area contributed by atoms with Gasteiger partial charge in [0, 0.05) is 24.5 Å². The molecular weight excluding hydrogens is 270 g/mol.